The van der Waals surface area contributed by atoms with E-state index in [1.165, 1.54) is 19.3 Å². The summed E-state index contributed by atoms with van der Waals surface area (Å²) in [5.74, 6) is 0.918. The fourth-order valence-corrected chi connectivity index (χ4v) is 3.69. The van der Waals surface area contributed by atoms with Crippen molar-refractivity contribution in [1.82, 2.24) is 9.88 Å². The van der Waals surface area contributed by atoms with Crippen LogP contribution in [-0.4, -0.2) is 53.3 Å². The van der Waals surface area contributed by atoms with Gasteiger partial charge < -0.3 is 14.9 Å². The fourth-order valence-electron chi connectivity index (χ4n) is 3.69. The van der Waals surface area contributed by atoms with E-state index < -0.39 is 5.60 Å². The predicted molar refractivity (Wildman–Crippen MR) is 97.6 cm³/mol. The molecule has 24 heavy (non-hydrogen) atoms. The Morgan fingerprint density at radius 3 is 2.42 bits per heavy atom. The molecule has 1 aromatic heterocycles. The molecule has 132 valence electrons. The molecule has 0 saturated carbocycles. The standard InChI is InChI=1S/C18H26N4O.ClH/c1-15-16(13-19)5-6-17(20-15)22-11-7-18(23,8-12-22)14-21-9-3-2-4-10-21;/h5-6,23H,2-4,7-12,14H2,1H3;1H. The molecule has 5 nitrogen and oxygen atoms in total. The van der Waals surface area contributed by atoms with E-state index in [-0.39, 0.29) is 12.4 Å². The van der Waals surface area contributed by atoms with E-state index in [2.05, 4.69) is 20.9 Å². The van der Waals surface area contributed by atoms with E-state index in [9.17, 15) is 5.11 Å². The Kier molecular flexibility index (Phi) is 6.45. The Morgan fingerprint density at radius 1 is 1.17 bits per heavy atom. The summed E-state index contributed by atoms with van der Waals surface area (Å²) in [5.41, 5.74) is 0.849. The average Bonchev–Trinajstić information content (AvgIpc) is 2.56. The van der Waals surface area contributed by atoms with Gasteiger partial charge >= 0.3 is 0 Å². The molecule has 2 fully saturated rings. The van der Waals surface area contributed by atoms with Crippen molar-refractivity contribution in [3.63, 3.8) is 0 Å². The minimum absolute atomic E-state index is 0. The van der Waals surface area contributed by atoms with Gasteiger partial charge in [0.2, 0.25) is 0 Å². The van der Waals surface area contributed by atoms with Crippen LogP contribution in [0.15, 0.2) is 12.1 Å². The van der Waals surface area contributed by atoms with Crippen LogP contribution in [0.2, 0.25) is 0 Å². The number of aromatic nitrogens is 1. The molecule has 0 aliphatic carbocycles. The van der Waals surface area contributed by atoms with Gasteiger partial charge in [-0.2, -0.15) is 5.26 Å². The smallest absolute Gasteiger partial charge is 0.128 e. The lowest BCUT2D eigenvalue weighted by atomic mass is 9.90. The summed E-state index contributed by atoms with van der Waals surface area (Å²) in [6.07, 6.45) is 5.41. The predicted octanol–water partition coefficient (Wildman–Crippen LogP) is 2.50. The Bertz CT molecular complexity index is 587. The Balaban J connectivity index is 0.00000208. The second-order valence-corrected chi connectivity index (χ2v) is 6.96. The van der Waals surface area contributed by atoms with Crippen LogP contribution in [0.1, 0.15) is 43.4 Å². The van der Waals surface area contributed by atoms with Crippen molar-refractivity contribution in [2.45, 2.75) is 44.6 Å². The number of nitriles is 1. The zero-order valence-corrected chi connectivity index (χ0v) is 15.2. The summed E-state index contributed by atoms with van der Waals surface area (Å²) in [4.78, 5) is 9.18. The number of aryl methyl sites for hydroxylation is 1. The summed E-state index contributed by atoms with van der Waals surface area (Å²) < 4.78 is 0. The first kappa shape index (κ1) is 19.0. The molecular weight excluding hydrogens is 324 g/mol. The summed E-state index contributed by atoms with van der Waals surface area (Å²) in [5, 5.41) is 19.9. The Hall–Kier alpha value is -1.35. The minimum Gasteiger partial charge on any atom is -0.388 e. The zero-order valence-electron chi connectivity index (χ0n) is 14.4. The third kappa shape index (κ3) is 4.38. The molecule has 3 rings (SSSR count). The molecule has 2 aliphatic rings. The number of rotatable bonds is 3. The molecular formula is C18H27ClN4O. The van der Waals surface area contributed by atoms with E-state index in [4.69, 9.17) is 5.26 Å². The van der Waals surface area contributed by atoms with Gasteiger partial charge in [-0.1, -0.05) is 6.42 Å². The third-order valence-corrected chi connectivity index (χ3v) is 5.18. The van der Waals surface area contributed by atoms with E-state index in [1.807, 2.05) is 19.1 Å². The van der Waals surface area contributed by atoms with Crippen molar-refractivity contribution in [1.29, 1.82) is 5.26 Å². The first-order chi connectivity index (χ1) is 11.1. The molecule has 1 N–H and O–H groups in total. The van der Waals surface area contributed by atoms with Crippen molar-refractivity contribution in [3.05, 3.63) is 23.4 Å². The maximum Gasteiger partial charge on any atom is 0.128 e. The topological polar surface area (TPSA) is 63.4 Å². The van der Waals surface area contributed by atoms with E-state index >= 15 is 0 Å². The molecule has 0 atom stereocenters. The number of hydrogen-bond acceptors (Lipinski definition) is 5. The number of nitrogens with zero attached hydrogens (tertiary/aromatic N) is 4. The van der Waals surface area contributed by atoms with Crippen LogP contribution in [-0.2, 0) is 0 Å². The molecule has 2 saturated heterocycles. The van der Waals surface area contributed by atoms with Crippen LogP contribution in [0.5, 0.6) is 0 Å². The molecule has 3 heterocycles. The van der Waals surface area contributed by atoms with Crippen molar-refractivity contribution in [3.8, 4) is 6.07 Å². The summed E-state index contributed by atoms with van der Waals surface area (Å²) in [7, 11) is 0. The van der Waals surface area contributed by atoms with E-state index in [0.717, 1.165) is 57.1 Å². The van der Waals surface area contributed by atoms with Crippen molar-refractivity contribution in [2.75, 3.05) is 37.6 Å². The molecule has 0 amide bonds. The second kappa shape index (κ2) is 8.15. The lowest BCUT2D eigenvalue weighted by Gasteiger charge is -2.42. The van der Waals surface area contributed by atoms with Gasteiger partial charge in [0.05, 0.1) is 16.9 Å². The highest BCUT2D eigenvalue weighted by atomic mass is 35.5. The summed E-state index contributed by atoms with van der Waals surface area (Å²) in [6, 6.07) is 5.91. The van der Waals surface area contributed by atoms with Gasteiger partial charge in [-0.3, -0.25) is 0 Å². The first-order valence-corrected chi connectivity index (χ1v) is 8.67. The minimum atomic E-state index is -0.560. The average molecular weight is 351 g/mol. The molecule has 0 radical (unpaired) electrons. The maximum absolute atomic E-state index is 10.9. The van der Waals surface area contributed by atoms with Gasteiger partial charge in [0, 0.05) is 19.6 Å². The van der Waals surface area contributed by atoms with Gasteiger partial charge in [0.1, 0.15) is 11.9 Å². The third-order valence-electron chi connectivity index (χ3n) is 5.18. The number of halogens is 1. The summed E-state index contributed by atoms with van der Waals surface area (Å²) >= 11 is 0. The van der Waals surface area contributed by atoms with Gasteiger partial charge in [-0.25, -0.2) is 4.98 Å². The Labute approximate surface area is 150 Å². The van der Waals surface area contributed by atoms with Crippen molar-refractivity contribution >= 4 is 18.2 Å². The number of piperidine rings is 2. The van der Waals surface area contributed by atoms with E-state index in [0.29, 0.717) is 5.56 Å². The molecule has 1 aromatic rings. The highest BCUT2D eigenvalue weighted by Crippen LogP contribution is 2.27. The summed E-state index contributed by atoms with van der Waals surface area (Å²) in [6.45, 7) is 6.58. The number of aliphatic hydroxyl groups is 1. The molecule has 2 aliphatic heterocycles. The number of β-amino-alcohol motifs (C(OH)–C–C–N with tert-alkyl or cyclic N) is 1. The van der Waals surface area contributed by atoms with Crippen LogP contribution < -0.4 is 4.90 Å². The molecule has 0 aromatic carbocycles. The number of likely N-dealkylation sites (tertiary alicyclic amines) is 1. The molecule has 0 bridgehead atoms. The zero-order chi connectivity index (χ0) is 16.3. The monoisotopic (exact) mass is 350 g/mol. The molecule has 0 spiro atoms. The highest BCUT2D eigenvalue weighted by molar-refractivity contribution is 5.85. The van der Waals surface area contributed by atoms with Gasteiger partial charge in [0.25, 0.3) is 0 Å². The number of anilines is 1. The van der Waals surface area contributed by atoms with Crippen molar-refractivity contribution < 1.29 is 5.11 Å². The lowest BCUT2D eigenvalue weighted by molar-refractivity contribution is -0.0202. The number of hydrogen-bond donors (Lipinski definition) is 1. The van der Waals surface area contributed by atoms with E-state index in [1.54, 1.807) is 0 Å². The SMILES string of the molecule is Cc1nc(N2CCC(O)(CN3CCCCC3)CC2)ccc1C#N.Cl. The number of pyridine rings is 1. The van der Waals surface area contributed by atoms with Gasteiger partial charge in [-0.05, 0) is 57.8 Å². The van der Waals surface area contributed by atoms with Crippen molar-refractivity contribution in [2.24, 2.45) is 0 Å². The molecule has 0 unspecified atom stereocenters. The van der Waals surface area contributed by atoms with Crippen LogP contribution in [0.3, 0.4) is 0 Å². The van der Waals surface area contributed by atoms with Gasteiger partial charge in [-0.15, -0.1) is 12.4 Å². The van der Waals surface area contributed by atoms with Crippen LogP contribution in [0.4, 0.5) is 5.82 Å². The lowest BCUT2D eigenvalue weighted by Crippen LogP contribution is -2.52. The quantitative estimate of drug-likeness (QED) is 0.907. The first-order valence-electron chi connectivity index (χ1n) is 8.67. The van der Waals surface area contributed by atoms with Gasteiger partial charge in [0.15, 0.2) is 0 Å². The highest BCUT2D eigenvalue weighted by Gasteiger charge is 2.34. The van der Waals surface area contributed by atoms with Crippen LogP contribution in [0, 0.1) is 18.3 Å². The largest absolute Gasteiger partial charge is 0.388 e. The fraction of sp³-hybridized carbons (Fsp3) is 0.667. The maximum atomic E-state index is 10.9. The normalized spacial score (nSPS) is 21.0. The molecule has 6 heteroatoms. The van der Waals surface area contributed by atoms with Crippen LogP contribution >= 0.6 is 12.4 Å². The van der Waals surface area contributed by atoms with Crippen LogP contribution in [0.25, 0.3) is 0 Å². The Morgan fingerprint density at radius 2 is 1.83 bits per heavy atom. The second-order valence-electron chi connectivity index (χ2n) is 6.96.